The zero-order valence-electron chi connectivity index (χ0n) is 10.9. The van der Waals surface area contributed by atoms with Crippen LogP contribution in [-0.4, -0.2) is 28.7 Å². The van der Waals surface area contributed by atoms with Gasteiger partial charge in [-0.25, -0.2) is 4.98 Å². The van der Waals surface area contributed by atoms with Crippen LogP contribution in [0.15, 0.2) is 12.4 Å². The molecular weight excluding hydrogens is 226 g/mol. The maximum atomic E-state index is 9.09. The molecule has 0 radical (unpaired) electrons. The summed E-state index contributed by atoms with van der Waals surface area (Å²) in [7, 11) is 2.08. The van der Waals surface area contributed by atoms with Gasteiger partial charge in [0.2, 0.25) is 0 Å². The van der Waals surface area contributed by atoms with Gasteiger partial charge in [-0.15, -0.1) is 0 Å². The fourth-order valence-corrected chi connectivity index (χ4v) is 3.70. The number of rotatable bonds is 4. The van der Waals surface area contributed by atoms with Gasteiger partial charge in [-0.2, -0.15) is 0 Å². The standard InChI is InChI=1S/C14H21N3O/c1-17(14-7-15-6-13(9-18)16-14)8-12-5-10-2-3-11(12)4-10/h6-7,10-12,18H,2-5,8-9H2,1H3. The van der Waals surface area contributed by atoms with Crippen LogP contribution in [0.1, 0.15) is 31.4 Å². The molecule has 98 valence electrons. The Balaban J connectivity index is 1.65. The summed E-state index contributed by atoms with van der Waals surface area (Å²) < 4.78 is 0. The van der Waals surface area contributed by atoms with Gasteiger partial charge >= 0.3 is 0 Å². The van der Waals surface area contributed by atoms with Crippen molar-refractivity contribution in [1.82, 2.24) is 9.97 Å². The smallest absolute Gasteiger partial charge is 0.147 e. The zero-order chi connectivity index (χ0) is 12.5. The Morgan fingerprint density at radius 3 is 2.89 bits per heavy atom. The first-order valence-corrected chi connectivity index (χ1v) is 6.89. The monoisotopic (exact) mass is 247 g/mol. The molecule has 1 aromatic rings. The summed E-state index contributed by atoms with van der Waals surface area (Å²) in [6.07, 6.45) is 9.11. The highest BCUT2D eigenvalue weighted by Gasteiger charge is 2.39. The van der Waals surface area contributed by atoms with E-state index in [9.17, 15) is 0 Å². The van der Waals surface area contributed by atoms with Crippen LogP contribution in [0, 0.1) is 17.8 Å². The first kappa shape index (κ1) is 11.9. The molecule has 0 aliphatic heterocycles. The molecule has 1 heterocycles. The zero-order valence-corrected chi connectivity index (χ0v) is 10.9. The second-order valence-corrected chi connectivity index (χ2v) is 5.84. The van der Waals surface area contributed by atoms with E-state index in [-0.39, 0.29) is 6.61 Å². The van der Waals surface area contributed by atoms with Crippen molar-refractivity contribution in [3.05, 3.63) is 18.1 Å². The van der Waals surface area contributed by atoms with Gasteiger partial charge in [-0.05, 0) is 37.0 Å². The van der Waals surface area contributed by atoms with Crippen molar-refractivity contribution in [2.24, 2.45) is 17.8 Å². The lowest BCUT2D eigenvalue weighted by Crippen LogP contribution is -2.29. The summed E-state index contributed by atoms with van der Waals surface area (Å²) in [4.78, 5) is 10.7. The Kier molecular flexibility index (Phi) is 3.20. The first-order chi connectivity index (χ1) is 8.76. The minimum atomic E-state index is -0.0389. The van der Waals surface area contributed by atoms with Crippen molar-refractivity contribution >= 4 is 5.82 Å². The van der Waals surface area contributed by atoms with Crippen molar-refractivity contribution in [3.8, 4) is 0 Å². The molecule has 2 aliphatic rings. The molecule has 0 spiro atoms. The lowest BCUT2D eigenvalue weighted by Gasteiger charge is -2.27. The Morgan fingerprint density at radius 1 is 1.33 bits per heavy atom. The van der Waals surface area contributed by atoms with Gasteiger partial charge in [-0.1, -0.05) is 6.42 Å². The van der Waals surface area contributed by atoms with Crippen LogP contribution in [0.3, 0.4) is 0 Å². The second-order valence-electron chi connectivity index (χ2n) is 5.84. The molecule has 3 unspecified atom stereocenters. The average molecular weight is 247 g/mol. The third kappa shape index (κ3) is 2.21. The molecule has 1 N–H and O–H groups in total. The highest BCUT2D eigenvalue weighted by Crippen LogP contribution is 2.48. The number of nitrogens with zero attached hydrogens (tertiary/aromatic N) is 3. The number of aliphatic hydroxyl groups is 1. The van der Waals surface area contributed by atoms with E-state index in [1.807, 2.05) is 0 Å². The Morgan fingerprint density at radius 2 is 2.22 bits per heavy atom. The predicted molar refractivity (Wildman–Crippen MR) is 70.2 cm³/mol. The number of anilines is 1. The number of fused-ring (bicyclic) bond motifs is 2. The summed E-state index contributed by atoms with van der Waals surface area (Å²) in [5, 5.41) is 9.09. The number of hydrogen-bond donors (Lipinski definition) is 1. The van der Waals surface area contributed by atoms with Crippen LogP contribution in [0.2, 0.25) is 0 Å². The lowest BCUT2D eigenvalue weighted by molar-refractivity contribution is 0.276. The molecule has 18 heavy (non-hydrogen) atoms. The fraction of sp³-hybridized carbons (Fsp3) is 0.714. The molecule has 1 aromatic heterocycles. The van der Waals surface area contributed by atoms with E-state index in [0.29, 0.717) is 5.69 Å². The molecular formula is C14H21N3O. The molecule has 2 bridgehead atoms. The van der Waals surface area contributed by atoms with E-state index >= 15 is 0 Å². The van der Waals surface area contributed by atoms with Crippen LogP contribution >= 0.6 is 0 Å². The normalized spacial score (nSPS) is 29.8. The molecule has 4 nitrogen and oxygen atoms in total. The van der Waals surface area contributed by atoms with Crippen LogP contribution in [0.25, 0.3) is 0 Å². The molecule has 3 rings (SSSR count). The number of hydrogen-bond acceptors (Lipinski definition) is 4. The molecule has 2 saturated carbocycles. The molecule has 0 saturated heterocycles. The molecule has 3 atom stereocenters. The van der Waals surface area contributed by atoms with Gasteiger partial charge < -0.3 is 10.0 Å². The first-order valence-electron chi connectivity index (χ1n) is 6.89. The fourth-order valence-electron chi connectivity index (χ4n) is 3.70. The van der Waals surface area contributed by atoms with Crippen LogP contribution < -0.4 is 4.90 Å². The molecule has 4 heteroatoms. The Hall–Kier alpha value is -1.16. The van der Waals surface area contributed by atoms with Gasteiger partial charge in [0.15, 0.2) is 0 Å². The SMILES string of the molecule is CN(CC1CC2CCC1C2)c1cncc(CO)n1. The Bertz CT molecular complexity index is 423. The topological polar surface area (TPSA) is 49.2 Å². The van der Waals surface area contributed by atoms with Crippen LogP contribution in [-0.2, 0) is 6.61 Å². The highest BCUT2D eigenvalue weighted by molar-refractivity contribution is 5.35. The van der Waals surface area contributed by atoms with Crippen LogP contribution in [0.4, 0.5) is 5.82 Å². The van der Waals surface area contributed by atoms with Crippen molar-refractivity contribution in [2.45, 2.75) is 32.3 Å². The van der Waals surface area contributed by atoms with Gasteiger partial charge in [-0.3, -0.25) is 4.98 Å². The van der Waals surface area contributed by atoms with E-state index in [1.165, 1.54) is 25.7 Å². The number of aliphatic hydroxyl groups excluding tert-OH is 1. The minimum absolute atomic E-state index is 0.0389. The summed E-state index contributed by atoms with van der Waals surface area (Å²) in [5.41, 5.74) is 0.646. The summed E-state index contributed by atoms with van der Waals surface area (Å²) in [6, 6.07) is 0. The lowest BCUT2D eigenvalue weighted by atomic mass is 9.88. The molecule has 0 aromatic carbocycles. The van der Waals surface area contributed by atoms with Gasteiger partial charge in [0.05, 0.1) is 24.7 Å². The third-order valence-electron chi connectivity index (χ3n) is 4.62. The van der Waals surface area contributed by atoms with E-state index < -0.39 is 0 Å². The van der Waals surface area contributed by atoms with Crippen molar-refractivity contribution < 1.29 is 5.11 Å². The second kappa shape index (κ2) is 4.84. The molecule has 0 amide bonds. The third-order valence-corrected chi connectivity index (χ3v) is 4.62. The van der Waals surface area contributed by atoms with Gasteiger partial charge in [0.1, 0.15) is 5.82 Å². The summed E-state index contributed by atoms with van der Waals surface area (Å²) in [6.45, 7) is 1.04. The minimum Gasteiger partial charge on any atom is -0.390 e. The van der Waals surface area contributed by atoms with E-state index in [4.69, 9.17) is 5.11 Å². The van der Waals surface area contributed by atoms with Gasteiger partial charge in [0.25, 0.3) is 0 Å². The summed E-state index contributed by atoms with van der Waals surface area (Å²) in [5.74, 6) is 3.63. The largest absolute Gasteiger partial charge is 0.390 e. The van der Waals surface area contributed by atoms with Gasteiger partial charge in [0, 0.05) is 13.6 Å². The number of aromatic nitrogens is 2. The van der Waals surface area contributed by atoms with Crippen LogP contribution in [0.5, 0.6) is 0 Å². The average Bonchev–Trinajstić information content (AvgIpc) is 3.01. The summed E-state index contributed by atoms with van der Waals surface area (Å²) >= 11 is 0. The van der Waals surface area contributed by atoms with E-state index in [0.717, 1.165) is 30.1 Å². The molecule has 2 fully saturated rings. The quantitative estimate of drug-likeness (QED) is 0.882. The van der Waals surface area contributed by atoms with Crippen molar-refractivity contribution in [2.75, 3.05) is 18.5 Å². The van der Waals surface area contributed by atoms with E-state index in [2.05, 4.69) is 21.9 Å². The maximum absolute atomic E-state index is 9.09. The van der Waals surface area contributed by atoms with Crippen molar-refractivity contribution in [3.63, 3.8) is 0 Å². The highest BCUT2D eigenvalue weighted by atomic mass is 16.3. The molecule has 2 aliphatic carbocycles. The van der Waals surface area contributed by atoms with E-state index in [1.54, 1.807) is 12.4 Å². The Labute approximate surface area is 108 Å². The maximum Gasteiger partial charge on any atom is 0.147 e. The van der Waals surface area contributed by atoms with Crippen molar-refractivity contribution in [1.29, 1.82) is 0 Å². The predicted octanol–water partition coefficient (Wildman–Crippen LogP) is 1.84.